The summed E-state index contributed by atoms with van der Waals surface area (Å²) in [4.78, 5) is 22.8. The summed E-state index contributed by atoms with van der Waals surface area (Å²) in [5.41, 5.74) is -0.573. The van der Waals surface area contributed by atoms with Crippen LogP contribution in [0.2, 0.25) is 0 Å². The molecule has 0 heterocycles. The third kappa shape index (κ3) is 2.83. The topological polar surface area (TPSA) is 54.4 Å². The number of hydrogen-bond donors (Lipinski definition) is 1. The smallest absolute Gasteiger partial charge is 0.304 e. The maximum Gasteiger partial charge on any atom is 0.304 e. The second-order valence-electron chi connectivity index (χ2n) is 6.63. The molecule has 0 aromatic heterocycles. The molecule has 0 saturated heterocycles. The summed E-state index contributed by atoms with van der Waals surface area (Å²) in [6.07, 6.45) is 0.852. The summed E-state index contributed by atoms with van der Waals surface area (Å²) in [5, 5.41) is 8.77. The van der Waals surface area contributed by atoms with E-state index in [0.29, 0.717) is 5.92 Å². The zero-order valence-electron chi connectivity index (χ0n) is 10.8. The Bertz CT molecular complexity index is 310. The zero-order chi connectivity index (χ0) is 12.7. The molecule has 0 aromatic carbocycles. The molecule has 0 aliphatic heterocycles. The lowest BCUT2D eigenvalue weighted by Gasteiger charge is -2.23. The molecule has 2 unspecified atom stereocenters. The quantitative estimate of drug-likeness (QED) is 0.802. The molecule has 0 radical (unpaired) electrons. The van der Waals surface area contributed by atoms with Crippen LogP contribution in [0, 0.1) is 22.7 Å². The van der Waals surface area contributed by atoms with E-state index < -0.39 is 11.4 Å². The molecule has 2 atom stereocenters. The number of carboxylic acid groups (broad SMARTS) is 1. The summed E-state index contributed by atoms with van der Waals surface area (Å²) in [6, 6.07) is 0. The van der Waals surface area contributed by atoms with Gasteiger partial charge in [-0.3, -0.25) is 9.59 Å². The highest BCUT2D eigenvalue weighted by molar-refractivity contribution is 5.91. The van der Waals surface area contributed by atoms with E-state index in [1.807, 2.05) is 0 Å². The molecule has 3 heteroatoms. The van der Waals surface area contributed by atoms with Gasteiger partial charge in [0.1, 0.15) is 5.78 Å². The van der Waals surface area contributed by atoms with E-state index in [-0.39, 0.29) is 23.5 Å². The average molecular weight is 226 g/mol. The van der Waals surface area contributed by atoms with Gasteiger partial charge in [-0.15, -0.1) is 0 Å². The van der Waals surface area contributed by atoms with Crippen LogP contribution in [0.1, 0.15) is 47.5 Å². The standard InChI is InChI=1S/C13H22O3/c1-12(2,3)9-6-8(9)11(16)13(4,5)7-10(14)15/h8-9H,6-7H2,1-5H3,(H,14,15). The largest absolute Gasteiger partial charge is 0.481 e. The van der Waals surface area contributed by atoms with Crippen molar-refractivity contribution in [1.29, 1.82) is 0 Å². The molecule has 0 spiro atoms. The van der Waals surface area contributed by atoms with Crippen LogP contribution in [0.4, 0.5) is 0 Å². The molecule has 1 N–H and O–H groups in total. The first-order valence-corrected chi connectivity index (χ1v) is 5.82. The van der Waals surface area contributed by atoms with Gasteiger partial charge >= 0.3 is 5.97 Å². The number of aliphatic carboxylic acids is 1. The van der Waals surface area contributed by atoms with Gasteiger partial charge in [-0.25, -0.2) is 0 Å². The highest BCUT2D eigenvalue weighted by atomic mass is 16.4. The van der Waals surface area contributed by atoms with Crippen molar-refractivity contribution in [2.75, 3.05) is 0 Å². The molecule has 16 heavy (non-hydrogen) atoms. The number of carbonyl (C=O) groups excluding carboxylic acids is 1. The van der Waals surface area contributed by atoms with Crippen LogP contribution in [0.25, 0.3) is 0 Å². The number of carboxylic acids is 1. The Kier molecular flexibility index (Phi) is 3.19. The van der Waals surface area contributed by atoms with E-state index in [2.05, 4.69) is 20.8 Å². The van der Waals surface area contributed by atoms with Crippen molar-refractivity contribution in [3.63, 3.8) is 0 Å². The number of carbonyl (C=O) groups is 2. The van der Waals surface area contributed by atoms with Crippen molar-refractivity contribution in [3.8, 4) is 0 Å². The van der Waals surface area contributed by atoms with Crippen LogP contribution < -0.4 is 0 Å². The van der Waals surface area contributed by atoms with E-state index >= 15 is 0 Å². The third-order valence-corrected chi connectivity index (χ3v) is 3.50. The summed E-state index contributed by atoms with van der Waals surface area (Å²) >= 11 is 0. The van der Waals surface area contributed by atoms with Gasteiger partial charge in [0.2, 0.25) is 0 Å². The van der Waals surface area contributed by atoms with Gasteiger partial charge in [0.05, 0.1) is 6.42 Å². The van der Waals surface area contributed by atoms with Gasteiger partial charge < -0.3 is 5.11 Å². The van der Waals surface area contributed by atoms with Gasteiger partial charge in [-0.05, 0) is 17.8 Å². The van der Waals surface area contributed by atoms with E-state index in [1.54, 1.807) is 13.8 Å². The van der Waals surface area contributed by atoms with E-state index in [0.717, 1.165) is 6.42 Å². The molecule has 0 amide bonds. The van der Waals surface area contributed by atoms with Crippen molar-refractivity contribution in [1.82, 2.24) is 0 Å². The maximum atomic E-state index is 12.2. The van der Waals surface area contributed by atoms with Gasteiger partial charge in [0.25, 0.3) is 0 Å². The molecule has 0 bridgehead atoms. The lowest BCUT2D eigenvalue weighted by molar-refractivity contribution is -0.144. The van der Waals surface area contributed by atoms with Crippen molar-refractivity contribution >= 4 is 11.8 Å². The van der Waals surface area contributed by atoms with Crippen LogP contribution >= 0.6 is 0 Å². The molecule has 1 fully saturated rings. The van der Waals surface area contributed by atoms with Gasteiger partial charge in [0.15, 0.2) is 0 Å². The first-order valence-electron chi connectivity index (χ1n) is 5.82. The number of rotatable bonds is 4. The van der Waals surface area contributed by atoms with E-state index in [1.165, 1.54) is 0 Å². The molecular weight excluding hydrogens is 204 g/mol. The minimum atomic E-state index is -0.897. The third-order valence-electron chi connectivity index (χ3n) is 3.50. The molecule has 1 saturated carbocycles. The first-order chi connectivity index (χ1) is 7.05. The fourth-order valence-corrected chi connectivity index (χ4v) is 2.41. The zero-order valence-corrected chi connectivity index (χ0v) is 10.8. The number of Topliss-reactive ketones (excluding diaryl/α,β-unsaturated/α-hetero) is 1. The second-order valence-corrected chi connectivity index (χ2v) is 6.63. The van der Waals surface area contributed by atoms with Crippen LogP contribution in [0.15, 0.2) is 0 Å². The Morgan fingerprint density at radius 2 is 1.69 bits per heavy atom. The predicted molar refractivity (Wildman–Crippen MR) is 62.1 cm³/mol. The van der Waals surface area contributed by atoms with Crippen molar-refractivity contribution < 1.29 is 14.7 Å². The Labute approximate surface area is 97.2 Å². The highest BCUT2D eigenvalue weighted by Crippen LogP contribution is 2.53. The molecule has 1 aliphatic rings. The van der Waals surface area contributed by atoms with Gasteiger partial charge in [-0.1, -0.05) is 34.6 Å². The molecule has 0 aromatic rings. The SMILES string of the molecule is CC(C)(CC(=O)O)C(=O)C1CC1C(C)(C)C. The Morgan fingerprint density at radius 1 is 1.19 bits per heavy atom. The van der Waals surface area contributed by atoms with E-state index in [9.17, 15) is 9.59 Å². The van der Waals surface area contributed by atoms with Crippen LogP contribution in [0.5, 0.6) is 0 Å². The van der Waals surface area contributed by atoms with Crippen LogP contribution in [-0.4, -0.2) is 16.9 Å². The van der Waals surface area contributed by atoms with Gasteiger partial charge in [0, 0.05) is 11.3 Å². The van der Waals surface area contributed by atoms with Crippen LogP contribution in [0.3, 0.4) is 0 Å². The summed E-state index contributed by atoms with van der Waals surface area (Å²) in [5.74, 6) is -0.274. The maximum absolute atomic E-state index is 12.2. The predicted octanol–water partition coefficient (Wildman–Crippen LogP) is 2.74. The summed E-state index contributed by atoms with van der Waals surface area (Å²) < 4.78 is 0. The Morgan fingerprint density at radius 3 is 2.00 bits per heavy atom. The van der Waals surface area contributed by atoms with Crippen molar-refractivity contribution in [3.05, 3.63) is 0 Å². The molecule has 3 nitrogen and oxygen atoms in total. The molecule has 1 aliphatic carbocycles. The average Bonchev–Trinajstić information content (AvgIpc) is 2.76. The summed E-state index contributed by atoms with van der Waals surface area (Å²) in [6.45, 7) is 9.88. The molecular formula is C13H22O3. The van der Waals surface area contributed by atoms with Crippen LogP contribution in [-0.2, 0) is 9.59 Å². The fourth-order valence-electron chi connectivity index (χ4n) is 2.41. The van der Waals surface area contributed by atoms with Gasteiger partial charge in [-0.2, -0.15) is 0 Å². The lowest BCUT2D eigenvalue weighted by Crippen LogP contribution is -2.30. The minimum absolute atomic E-state index is 0.0702. The Balaban J connectivity index is 2.64. The van der Waals surface area contributed by atoms with Crippen molar-refractivity contribution in [2.45, 2.75) is 47.5 Å². The number of hydrogen-bond acceptors (Lipinski definition) is 2. The monoisotopic (exact) mass is 226 g/mol. The van der Waals surface area contributed by atoms with Crippen molar-refractivity contribution in [2.24, 2.45) is 22.7 Å². The number of ketones is 1. The second kappa shape index (κ2) is 3.86. The fraction of sp³-hybridized carbons (Fsp3) is 0.846. The normalized spacial score (nSPS) is 25.3. The van der Waals surface area contributed by atoms with E-state index in [4.69, 9.17) is 5.11 Å². The minimum Gasteiger partial charge on any atom is -0.481 e. The Hall–Kier alpha value is -0.860. The molecule has 92 valence electrons. The first kappa shape index (κ1) is 13.2. The highest BCUT2D eigenvalue weighted by Gasteiger charge is 2.52. The lowest BCUT2D eigenvalue weighted by atomic mass is 9.79. The molecule has 1 rings (SSSR count). The summed E-state index contributed by atoms with van der Waals surface area (Å²) in [7, 11) is 0.